The van der Waals surface area contributed by atoms with Crippen molar-refractivity contribution in [3.8, 4) is 0 Å². The van der Waals surface area contributed by atoms with E-state index in [9.17, 15) is 4.79 Å². The maximum Gasteiger partial charge on any atom is 0.274 e. The third-order valence-corrected chi connectivity index (χ3v) is 2.93. The zero-order valence-corrected chi connectivity index (χ0v) is 10.9. The number of carbonyl (C=O) groups is 1. The number of rotatable bonds is 2. The van der Waals surface area contributed by atoms with Gasteiger partial charge in [0.25, 0.3) is 5.91 Å². The molecule has 2 heterocycles. The van der Waals surface area contributed by atoms with Crippen molar-refractivity contribution in [2.45, 2.75) is 6.92 Å². The molecular formula is C15H12N4O. The van der Waals surface area contributed by atoms with Gasteiger partial charge in [0.05, 0.1) is 18.1 Å². The third kappa shape index (κ3) is 2.33. The van der Waals surface area contributed by atoms with Crippen LogP contribution >= 0.6 is 0 Å². The minimum Gasteiger partial charge on any atom is -0.318 e. The molecule has 0 fully saturated rings. The average Bonchev–Trinajstić information content (AvgIpc) is 2.49. The van der Waals surface area contributed by atoms with E-state index in [1.54, 1.807) is 25.5 Å². The van der Waals surface area contributed by atoms with Crippen LogP contribution < -0.4 is 5.32 Å². The van der Waals surface area contributed by atoms with Crippen LogP contribution in [0.2, 0.25) is 0 Å². The van der Waals surface area contributed by atoms with Crippen molar-refractivity contribution < 1.29 is 4.79 Å². The molecule has 0 bridgehead atoms. The second kappa shape index (κ2) is 5.05. The highest BCUT2D eigenvalue weighted by molar-refractivity contribution is 6.11. The molecule has 3 rings (SSSR count). The molecule has 0 saturated carbocycles. The quantitative estimate of drug-likeness (QED) is 0.772. The molecule has 0 aliphatic carbocycles. The van der Waals surface area contributed by atoms with Gasteiger partial charge in [-0.15, -0.1) is 0 Å². The van der Waals surface area contributed by atoms with E-state index in [0.717, 1.165) is 10.8 Å². The number of fused-ring (bicyclic) bond motifs is 1. The number of nitrogens with zero attached hydrogens (tertiary/aromatic N) is 3. The Morgan fingerprint density at radius 2 is 1.80 bits per heavy atom. The average molecular weight is 264 g/mol. The van der Waals surface area contributed by atoms with Gasteiger partial charge in [-0.25, -0.2) is 9.97 Å². The van der Waals surface area contributed by atoms with E-state index in [-0.39, 0.29) is 5.91 Å². The maximum absolute atomic E-state index is 12.3. The van der Waals surface area contributed by atoms with E-state index in [1.807, 2.05) is 30.3 Å². The molecule has 1 amide bonds. The van der Waals surface area contributed by atoms with Crippen molar-refractivity contribution in [1.29, 1.82) is 0 Å². The van der Waals surface area contributed by atoms with Crippen LogP contribution in [0.3, 0.4) is 0 Å². The fourth-order valence-electron chi connectivity index (χ4n) is 1.95. The number of nitrogens with one attached hydrogen (secondary N) is 1. The van der Waals surface area contributed by atoms with Crippen LogP contribution in [0.4, 0.5) is 5.69 Å². The Hall–Kier alpha value is -2.82. The first-order chi connectivity index (χ1) is 9.74. The Balaban J connectivity index is 1.94. The van der Waals surface area contributed by atoms with Gasteiger partial charge in [-0.05, 0) is 18.4 Å². The summed E-state index contributed by atoms with van der Waals surface area (Å²) in [6, 6.07) is 9.51. The second-order valence-corrected chi connectivity index (χ2v) is 4.35. The Kier molecular flexibility index (Phi) is 3.09. The Morgan fingerprint density at radius 3 is 2.60 bits per heavy atom. The SMILES string of the molecule is Cc1ncc(NC(=O)c2nccc3ccccc23)cn1. The summed E-state index contributed by atoms with van der Waals surface area (Å²) in [5, 5.41) is 4.55. The molecule has 98 valence electrons. The molecule has 0 radical (unpaired) electrons. The van der Waals surface area contributed by atoms with Crippen molar-refractivity contribution in [1.82, 2.24) is 15.0 Å². The minimum atomic E-state index is -0.269. The normalized spacial score (nSPS) is 10.4. The summed E-state index contributed by atoms with van der Waals surface area (Å²) < 4.78 is 0. The van der Waals surface area contributed by atoms with Crippen molar-refractivity contribution in [2.75, 3.05) is 5.32 Å². The van der Waals surface area contributed by atoms with Gasteiger partial charge in [-0.1, -0.05) is 24.3 Å². The van der Waals surface area contributed by atoms with Crippen molar-refractivity contribution >= 4 is 22.4 Å². The molecule has 0 saturated heterocycles. The molecule has 0 spiro atoms. The van der Waals surface area contributed by atoms with Crippen LogP contribution in [0.5, 0.6) is 0 Å². The van der Waals surface area contributed by atoms with E-state index >= 15 is 0 Å². The molecular weight excluding hydrogens is 252 g/mol. The summed E-state index contributed by atoms with van der Waals surface area (Å²) >= 11 is 0. The van der Waals surface area contributed by atoms with Gasteiger partial charge < -0.3 is 5.32 Å². The fourth-order valence-corrected chi connectivity index (χ4v) is 1.95. The summed E-state index contributed by atoms with van der Waals surface area (Å²) in [5.41, 5.74) is 0.944. The predicted molar refractivity (Wildman–Crippen MR) is 76.5 cm³/mol. The Labute approximate surface area is 115 Å². The number of aryl methyl sites for hydroxylation is 1. The first-order valence-corrected chi connectivity index (χ1v) is 6.18. The highest BCUT2D eigenvalue weighted by atomic mass is 16.1. The molecule has 2 aromatic heterocycles. The first-order valence-electron chi connectivity index (χ1n) is 6.18. The molecule has 5 heteroatoms. The molecule has 0 unspecified atom stereocenters. The van der Waals surface area contributed by atoms with E-state index in [0.29, 0.717) is 17.2 Å². The van der Waals surface area contributed by atoms with Gasteiger partial charge >= 0.3 is 0 Å². The second-order valence-electron chi connectivity index (χ2n) is 4.35. The summed E-state index contributed by atoms with van der Waals surface area (Å²) in [5.74, 6) is 0.389. The maximum atomic E-state index is 12.3. The Morgan fingerprint density at radius 1 is 1.05 bits per heavy atom. The molecule has 0 atom stereocenters. The van der Waals surface area contributed by atoms with Crippen LogP contribution in [-0.4, -0.2) is 20.9 Å². The number of hydrogen-bond donors (Lipinski definition) is 1. The number of amides is 1. The van der Waals surface area contributed by atoms with Crippen molar-refractivity contribution in [2.24, 2.45) is 0 Å². The lowest BCUT2D eigenvalue weighted by molar-refractivity contribution is 0.102. The van der Waals surface area contributed by atoms with E-state index < -0.39 is 0 Å². The lowest BCUT2D eigenvalue weighted by atomic mass is 10.1. The van der Waals surface area contributed by atoms with Crippen LogP contribution in [0.25, 0.3) is 10.8 Å². The van der Waals surface area contributed by atoms with Gasteiger partial charge in [0, 0.05) is 11.6 Å². The molecule has 0 aliphatic rings. The molecule has 3 aromatic rings. The molecule has 1 aromatic carbocycles. The highest BCUT2D eigenvalue weighted by Gasteiger charge is 2.11. The van der Waals surface area contributed by atoms with Gasteiger partial charge in [0.1, 0.15) is 11.5 Å². The Bertz CT molecular complexity index is 763. The summed E-state index contributed by atoms with van der Waals surface area (Å²) in [6.45, 7) is 1.79. The first kappa shape index (κ1) is 12.2. The van der Waals surface area contributed by atoms with Gasteiger partial charge in [0.2, 0.25) is 0 Å². The van der Waals surface area contributed by atoms with Gasteiger partial charge in [0.15, 0.2) is 0 Å². The zero-order valence-electron chi connectivity index (χ0n) is 10.9. The summed E-state index contributed by atoms with van der Waals surface area (Å²) in [4.78, 5) is 24.5. The minimum absolute atomic E-state index is 0.269. The van der Waals surface area contributed by atoms with Gasteiger partial charge in [-0.2, -0.15) is 0 Å². The topological polar surface area (TPSA) is 67.8 Å². The number of anilines is 1. The molecule has 5 nitrogen and oxygen atoms in total. The number of benzene rings is 1. The third-order valence-electron chi connectivity index (χ3n) is 2.93. The predicted octanol–water partition coefficient (Wildman–Crippen LogP) is 2.59. The molecule has 20 heavy (non-hydrogen) atoms. The van der Waals surface area contributed by atoms with Crippen LogP contribution in [-0.2, 0) is 0 Å². The molecule has 1 N–H and O–H groups in total. The smallest absolute Gasteiger partial charge is 0.274 e. The lowest BCUT2D eigenvalue weighted by Gasteiger charge is -2.06. The summed E-state index contributed by atoms with van der Waals surface area (Å²) in [6.07, 6.45) is 4.78. The van der Waals surface area contributed by atoms with Gasteiger partial charge in [-0.3, -0.25) is 9.78 Å². The highest BCUT2D eigenvalue weighted by Crippen LogP contribution is 2.17. The monoisotopic (exact) mass is 264 g/mol. The number of pyridine rings is 1. The summed E-state index contributed by atoms with van der Waals surface area (Å²) in [7, 11) is 0. The van der Waals surface area contributed by atoms with Crippen LogP contribution in [0.15, 0.2) is 48.9 Å². The van der Waals surface area contributed by atoms with E-state index in [4.69, 9.17) is 0 Å². The van der Waals surface area contributed by atoms with Crippen molar-refractivity contribution in [3.63, 3.8) is 0 Å². The van der Waals surface area contributed by atoms with E-state index in [2.05, 4.69) is 20.3 Å². The number of carbonyl (C=O) groups excluding carboxylic acids is 1. The standard InChI is InChI=1S/C15H12N4O/c1-10-17-8-12(9-18-10)19-15(20)14-13-5-3-2-4-11(13)6-7-16-14/h2-9H,1H3,(H,19,20). The van der Waals surface area contributed by atoms with Crippen LogP contribution in [0, 0.1) is 6.92 Å². The largest absolute Gasteiger partial charge is 0.318 e. The fraction of sp³-hybridized carbons (Fsp3) is 0.0667. The van der Waals surface area contributed by atoms with Crippen molar-refractivity contribution in [3.05, 3.63) is 60.4 Å². The molecule has 0 aliphatic heterocycles. The zero-order chi connectivity index (χ0) is 13.9. The van der Waals surface area contributed by atoms with E-state index in [1.165, 1.54) is 0 Å². The van der Waals surface area contributed by atoms with Crippen LogP contribution in [0.1, 0.15) is 16.3 Å². The number of hydrogen-bond acceptors (Lipinski definition) is 4. The lowest BCUT2D eigenvalue weighted by Crippen LogP contribution is -2.14. The number of aromatic nitrogens is 3.